The first kappa shape index (κ1) is 10.5. The Hall–Kier alpha value is -1.55. The van der Waals surface area contributed by atoms with Crippen LogP contribution < -0.4 is 15.9 Å². The largest absolute Gasteiger partial charge is 0.484 e. The van der Waals surface area contributed by atoms with Crippen molar-refractivity contribution in [3.63, 3.8) is 0 Å². The van der Waals surface area contributed by atoms with Gasteiger partial charge in [-0.1, -0.05) is 6.58 Å². The quantitative estimate of drug-likeness (QED) is 0.696. The summed E-state index contributed by atoms with van der Waals surface area (Å²) in [6, 6.07) is 1.44. The summed E-state index contributed by atoms with van der Waals surface area (Å²) in [5, 5.41) is 0. The lowest BCUT2D eigenvalue weighted by Crippen LogP contribution is -2.12. The molecule has 76 valence electrons. The third-order valence-electron chi connectivity index (χ3n) is 1.63. The number of aromatic amines is 1. The summed E-state index contributed by atoms with van der Waals surface area (Å²) in [5.74, 6) is 0.296. The predicted octanol–water partition coefficient (Wildman–Crippen LogP) is 0.789. The topological polar surface area (TPSA) is 68.1 Å². The monoisotopic (exact) mass is 194 g/mol. The summed E-state index contributed by atoms with van der Waals surface area (Å²) >= 11 is 0. The minimum absolute atomic E-state index is 0.162. The molecule has 0 fully saturated rings. The minimum atomic E-state index is -0.162. The second-order valence-corrected chi connectivity index (χ2v) is 3.14. The van der Waals surface area contributed by atoms with Crippen LogP contribution in [0.25, 0.3) is 0 Å². The molecule has 1 rings (SSSR count). The van der Waals surface area contributed by atoms with Crippen LogP contribution in [-0.4, -0.2) is 11.6 Å². The molecule has 0 aliphatic rings. The summed E-state index contributed by atoms with van der Waals surface area (Å²) < 4.78 is 5.21. The number of hydrogen-bond acceptors (Lipinski definition) is 3. The smallest absolute Gasteiger partial charge is 0.223 e. The first-order valence-corrected chi connectivity index (χ1v) is 4.32. The fourth-order valence-corrected chi connectivity index (χ4v) is 0.932. The highest BCUT2D eigenvalue weighted by molar-refractivity contribution is 5.20. The SMILES string of the molecule is C=C(C)COc1c[nH]c(CN)cc1=O. The number of pyridine rings is 1. The van der Waals surface area contributed by atoms with Gasteiger partial charge in [-0.2, -0.15) is 0 Å². The van der Waals surface area contributed by atoms with Gasteiger partial charge in [-0.05, 0) is 12.5 Å². The van der Waals surface area contributed by atoms with Crippen LogP contribution in [0.4, 0.5) is 0 Å². The molecule has 14 heavy (non-hydrogen) atoms. The van der Waals surface area contributed by atoms with E-state index in [0.717, 1.165) is 5.57 Å². The van der Waals surface area contributed by atoms with E-state index >= 15 is 0 Å². The maximum Gasteiger partial charge on any atom is 0.223 e. The number of nitrogens with one attached hydrogen (secondary N) is 1. The Kier molecular flexibility index (Phi) is 3.48. The van der Waals surface area contributed by atoms with Crippen LogP contribution in [0.15, 0.2) is 29.2 Å². The van der Waals surface area contributed by atoms with Gasteiger partial charge in [0.05, 0.1) is 0 Å². The highest BCUT2D eigenvalue weighted by Crippen LogP contribution is 2.02. The Labute approximate surface area is 82.4 Å². The lowest BCUT2D eigenvalue weighted by molar-refractivity contribution is 0.347. The number of rotatable bonds is 4. The summed E-state index contributed by atoms with van der Waals surface area (Å²) in [7, 11) is 0. The van der Waals surface area contributed by atoms with Crippen LogP contribution in [0.5, 0.6) is 5.75 Å². The Morgan fingerprint density at radius 3 is 2.93 bits per heavy atom. The molecule has 4 nitrogen and oxygen atoms in total. The van der Waals surface area contributed by atoms with Crippen LogP contribution in [0, 0.1) is 0 Å². The minimum Gasteiger partial charge on any atom is -0.484 e. The highest BCUT2D eigenvalue weighted by Gasteiger charge is 2.00. The van der Waals surface area contributed by atoms with Crippen molar-refractivity contribution in [2.45, 2.75) is 13.5 Å². The molecule has 0 atom stereocenters. The number of nitrogens with two attached hydrogens (primary N) is 1. The van der Waals surface area contributed by atoms with Crippen molar-refractivity contribution in [3.8, 4) is 5.75 Å². The third kappa shape index (κ3) is 2.74. The molecular formula is C10H14N2O2. The Balaban J connectivity index is 2.79. The molecule has 0 aromatic carbocycles. The maximum absolute atomic E-state index is 11.4. The third-order valence-corrected chi connectivity index (χ3v) is 1.63. The van der Waals surface area contributed by atoms with Gasteiger partial charge < -0.3 is 15.5 Å². The zero-order valence-electron chi connectivity index (χ0n) is 8.17. The normalized spacial score (nSPS) is 9.86. The van der Waals surface area contributed by atoms with Gasteiger partial charge in [-0.3, -0.25) is 4.79 Å². The zero-order valence-corrected chi connectivity index (χ0v) is 8.17. The van der Waals surface area contributed by atoms with Crippen LogP contribution >= 0.6 is 0 Å². The van der Waals surface area contributed by atoms with Crippen LogP contribution in [0.3, 0.4) is 0 Å². The molecular weight excluding hydrogens is 180 g/mol. The number of ether oxygens (including phenoxy) is 1. The summed E-state index contributed by atoms with van der Waals surface area (Å²) in [6.45, 7) is 6.18. The molecule has 1 aromatic rings. The van der Waals surface area contributed by atoms with Gasteiger partial charge in [0.15, 0.2) is 5.75 Å². The molecule has 0 radical (unpaired) electrons. The van der Waals surface area contributed by atoms with Crippen molar-refractivity contribution in [2.75, 3.05) is 6.61 Å². The zero-order chi connectivity index (χ0) is 10.6. The van der Waals surface area contributed by atoms with E-state index in [9.17, 15) is 4.79 Å². The fourth-order valence-electron chi connectivity index (χ4n) is 0.932. The molecule has 0 amide bonds. The molecule has 0 aliphatic heterocycles. The molecule has 0 saturated carbocycles. The average Bonchev–Trinajstić information content (AvgIpc) is 2.15. The van der Waals surface area contributed by atoms with Crippen LogP contribution in [0.1, 0.15) is 12.6 Å². The molecule has 0 spiro atoms. The standard InChI is InChI=1S/C10H14N2O2/c1-7(2)6-14-10-5-12-8(4-11)3-9(10)13/h3,5H,1,4,6,11H2,2H3,(H,12,13). The Bertz CT molecular complexity index is 382. The van der Waals surface area contributed by atoms with Crippen molar-refractivity contribution in [1.82, 2.24) is 4.98 Å². The first-order chi connectivity index (χ1) is 6.63. The van der Waals surface area contributed by atoms with Gasteiger partial charge >= 0.3 is 0 Å². The second kappa shape index (κ2) is 4.62. The van der Waals surface area contributed by atoms with Crippen molar-refractivity contribution >= 4 is 0 Å². The van der Waals surface area contributed by atoms with Gasteiger partial charge in [-0.25, -0.2) is 0 Å². The Morgan fingerprint density at radius 2 is 2.43 bits per heavy atom. The number of aromatic nitrogens is 1. The average molecular weight is 194 g/mol. The van der Waals surface area contributed by atoms with Crippen LogP contribution in [0.2, 0.25) is 0 Å². The predicted molar refractivity (Wildman–Crippen MR) is 55.3 cm³/mol. The molecule has 0 unspecified atom stereocenters. The van der Waals surface area contributed by atoms with Crippen molar-refractivity contribution < 1.29 is 4.74 Å². The van der Waals surface area contributed by atoms with Gasteiger partial charge in [-0.15, -0.1) is 0 Å². The lowest BCUT2D eigenvalue weighted by atomic mass is 10.3. The lowest BCUT2D eigenvalue weighted by Gasteiger charge is -2.05. The summed E-state index contributed by atoms with van der Waals surface area (Å²) in [5.41, 5.74) is 6.76. The van der Waals surface area contributed by atoms with E-state index in [-0.39, 0.29) is 5.43 Å². The highest BCUT2D eigenvalue weighted by atomic mass is 16.5. The molecule has 0 bridgehead atoms. The molecule has 1 aromatic heterocycles. The van der Waals surface area contributed by atoms with E-state index in [1.807, 2.05) is 6.92 Å². The maximum atomic E-state index is 11.4. The fraction of sp³-hybridized carbons (Fsp3) is 0.300. The van der Waals surface area contributed by atoms with Gasteiger partial charge in [0.25, 0.3) is 0 Å². The molecule has 0 saturated heterocycles. The van der Waals surface area contributed by atoms with E-state index in [1.165, 1.54) is 12.3 Å². The summed E-state index contributed by atoms with van der Waals surface area (Å²) in [6.07, 6.45) is 1.52. The van der Waals surface area contributed by atoms with E-state index < -0.39 is 0 Å². The number of H-pyrrole nitrogens is 1. The van der Waals surface area contributed by atoms with Gasteiger partial charge in [0, 0.05) is 24.5 Å². The van der Waals surface area contributed by atoms with Crippen molar-refractivity contribution in [2.24, 2.45) is 5.73 Å². The number of hydrogen-bond donors (Lipinski definition) is 2. The van der Waals surface area contributed by atoms with E-state index in [2.05, 4.69) is 11.6 Å². The molecule has 3 N–H and O–H groups in total. The van der Waals surface area contributed by atoms with E-state index in [4.69, 9.17) is 10.5 Å². The molecule has 0 aliphatic carbocycles. The summed E-state index contributed by atoms with van der Waals surface area (Å²) in [4.78, 5) is 14.3. The molecule has 4 heteroatoms. The first-order valence-electron chi connectivity index (χ1n) is 4.32. The van der Waals surface area contributed by atoms with Crippen molar-refractivity contribution in [3.05, 3.63) is 40.3 Å². The van der Waals surface area contributed by atoms with Gasteiger partial charge in [0.2, 0.25) is 5.43 Å². The van der Waals surface area contributed by atoms with E-state index in [0.29, 0.717) is 24.6 Å². The second-order valence-electron chi connectivity index (χ2n) is 3.14. The van der Waals surface area contributed by atoms with Crippen molar-refractivity contribution in [1.29, 1.82) is 0 Å². The van der Waals surface area contributed by atoms with E-state index in [1.54, 1.807) is 0 Å². The molecule has 1 heterocycles. The van der Waals surface area contributed by atoms with Gasteiger partial charge in [0.1, 0.15) is 6.61 Å². The Morgan fingerprint density at radius 1 is 1.71 bits per heavy atom. The van der Waals surface area contributed by atoms with Crippen LogP contribution in [-0.2, 0) is 6.54 Å².